The normalized spacial score (nSPS) is 10.6. The zero-order valence-electron chi connectivity index (χ0n) is 12.9. The first-order valence-electron chi connectivity index (χ1n) is 7.05. The number of pyridine rings is 2. The van der Waals surface area contributed by atoms with Crippen LogP contribution in [0.4, 0.5) is 29.1 Å². The zero-order chi connectivity index (χ0) is 18.4. The van der Waals surface area contributed by atoms with Crippen LogP contribution in [-0.2, 0) is 4.79 Å². The Labute approximate surface area is 140 Å². The average molecular weight is 352 g/mol. The number of halogens is 4. The molecule has 2 N–H and O–H groups in total. The maximum atomic E-state index is 13.2. The van der Waals surface area contributed by atoms with Crippen molar-refractivity contribution in [3.05, 3.63) is 47.7 Å². The highest BCUT2D eigenvalue weighted by Crippen LogP contribution is 2.20. The van der Waals surface area contributed by atoms with E-state index in [4.69, 9.17) is 0 Å². The molecule has 0 atom stereocenters. The van der Waals surface area contributed by atoms with Crippen LogP contribution in [0.1, 0.15) is 18.2 Å². The van der Waals surface area contributed by atoms with Gasteiger partial charge in [-0.3, -0.25) is 4.79 Å². The van der Waals surface area contributed by atoms with E-state index >= 15 is 0 Å². The molecule has 130 valence electrons. The second kappa shape index (κ2) is 7.61. The van der Waals surface area contributed by atoms with Crippen molar-refractivity contribution >= 4 is 17.4 Å². The summed E-state index contributed by atoms with van der Waals surface area (Å²) in [6.45, 7) is 2.54. The largest absolute Gasteiger partial charge is 0.471 e. The van der Waals surface area contributed by atoms with Gasteiger partial charge in [-0.25, -0.2) is 14.4 Å². The number of alkyl halides is 3. The molecule has 0 radical (unpaired) electrons. The molecule has 0 aliphatic carbocycles. The first kappa shape index (κ1) is 18.2. The van der Waals surface area contributed by atoms with Crippen molar-refractivity contribution in [3.8, 4) is 11.8 Å². The summed E-state index contributed by atoms with van der Waals surface area (Å²) in [5, 5.41) is 4.55. The third kappa shape index (κ3) is 5.17. The number of hydrogen-bond donors (Lipinski definition) is 2. The SMILES string of the molecule is CCNc1cc(C#Cc2ncc(F)cc2NC(=O)C(F)(F)F)ccn1. The number of rotatable bonds is 3. The van der Waals surface area contributed by atoms with Crippen molar-refractivity contribution in [2.45, 2.75) is 13.1 Å². The molecule has 0 spiro atoms. The van der Waals surface area contributed by atoms with Gasteiger partial charge in [0.1, 0.15) is 17.3 Å². The highest BCUT2D eigenvalue weighted by molar-refractivity contribution is 5.95. The Morgan fingerprint density at radius 2 is 2.00 bits per heavy atom. The van der Waals surface area contributed by atoms with Crippen LogP contribution in [-0.4, -0.2) is 28.6 Å². The third-order valence-electron chi connectivity index (χ3n) is 2.80. The standard InChI is InChI=1S/C16H12F4N4O/c1-2-21-14-7-10(5-6-22-14)3-4-12-13(8-11(17)9-23-12)24-15(25)16(18,19)20/h5-9H,2H2,1H3,(H,21,22)(H,24,25). The first-order chi connectivity index (χ1) is 11.8. The van der Waals surface area contributed by atoms with E-state index in [-0.39, 0.29) is 5.69 Å². The smallest absolute Gasteiger partial charge is 0.370 e. The molecule has 0 fully saturated rings. The molecular formula is C16H12F4N4O. The zero-order valence-corrected chi connectivity index (χ0v) is 12.9. The summed E-state index contributed by atoms with van der Waals surface area (Å²) >= 11 is 0. The first-order valence-corrected chi connectivity index (χ1v) is 7.05. The maximum Gasteiger partial charge on any atom is 0.471 e. The molecule has 2 aromatic rings. The number of anilines is 2. The Kier molecular flexibility index (Phi) is 5.54. The van der Waals surface area contributed by atoms with Gasteiger partial charge in [-0.15, -0.1) is 0 Å². The summed E-state index contributed by atoms with van der Waals surface area (Å²) in [4.78, 5) is 18.7. The van der Waals surface area contributed by atoms with Crippen LogP contribution < -0.4 is 10.6 Å². The molecule has 2 heterocycles. The van der Waals surface area contributed by atoms with Gasteiger partial charge in [0.2, 0.25) is 0 Å². The third-order valence-corrected chi connectivity index (χ3v) is 2.80. The monoisotopic (exact) mass is 352 g/mol. The van der Waals surface area contributed by atoms with Gasteiger partial charge >= 0.3 is 12.1 Å². The van der Waals surface area contributed by atoms with E-state index < -0.39 is 23.6 Å². The van der Waals surface area contributed by atoms with Crippen LogP contribution in [0.3, 0.4) is 0 Å². The summed E-state index contributed by atoms with van der Waals surface area (Å²) in [6.07, 6.45) is -2.81. The molecule has 25 heavy (non-hydrogen) atoms. The predicted octanol–water partition coefficient (Wildman–Crippen LogP) is 2.95. The number of nitrogens with one attached hydrogen (secondary N) is 2. The molecule has 9 heteroatoms. The molecule has 0 saturated heterocycles. The van der Waals surface area contributed by atoms with Gasteiger partial charge in [0.15, 0.2) is 0 Å². The van der Waals surface area contributed by atoms with E-state index in [1.54, 1.807) is 17.4 Å². The molecular weight excluding hydrogens is 340 g/mol. The molecule has 2 aromatic heterocycles. The lowest BCUT2D eigenvalue weighted by Crippen LogP contribution is -2.30. The van der Waals surface area contributed by atoms with Crippen molar-refractivity contribution in [3.63, 3.8) is 0 Å². The van der Waals surface area contributed by atoms with Gasteiger partial charge in [-0.05, 0) is 25.0 Å². The van der Waals surface area contributed by atoms with Crippen molar-refractivity contribution in [1.29, 1.82) is 0 Å². The fourth-order valence-electron chi connectivity index (χ4n) is 1.74. The van der Waals surface area contributed by atoms with E-state index in [0.29, 0.717) is 17.9 Å². The van der Waals surface area contributed by atoms with E-state index in [9.17, 15) is 22.4 Å². The van der Waals surface area contributed by atoms with Gasteiger partial charge < -0.3 is 10.6 Å². The number of carbonyl (C=O) groups is 1. The van der Waals surface area contributed by atoms with E-state index in [1.807, 2.05) is 6.92 Å². The Hall–Kier alpha value is -3.15. The second-order valence-corrected chi connectivity index (χ2v) is 4.71. The molecule has 0 saturated carbocycles. The lowest BCUT2D eigenvalue weighted by atomic mass is 10.2. The molecule has 0 unspecified atom stereocenters. The van der Waals surface area contributed by atoms with E-state index in [1.165, 1.54) is 6.20 Å². The number of carbonyl (C=O) groups excluding carboxylic acids is 1. The molecule has 0 aliphatic rings. The summed E-state index contributed by atoms with van der Waals surface area (Å²) in [7, 11) is 0. The Bertz CT molecular complexity index is 840. The predicted molar refractivity (Wildman–Crippen MR) is 83.3 cm³/mol. The van der Waals surface area contributed by atoms with Crippen molar-refractivity contribution in [1.82, 2.24) is 9.97 Å². The van der Waals surface area contributed by atoms with Crippen molar-refractivity contribution in [2.75, 3.05) is 17.2 Å². The van der Waals surface area contributed by atoms with E-state index in [0.717, 1.165) is 12.3 Å². The van der Waals surface area contributed by atoms with Crippen molar-refractivity contribution in [2.24, 2.45) is 0 Å². The van der Waals surface area contributed by atoms with Crippen molar-refractivity contribution < 1.29 is 22.4 Å². The molecule has 5 nitrogen and oxygen atoms in total. The van der Waals surface area contributed by atoms with Crippen LogP contribution in [0.5, 0.6) is 0 Å². The lowest BCUT2D eigenvalue weighted by molar-refractivity contribution is -0.167. The lowest BCUT2D eigenvalue weighted by Gasteiger charge is -2.09. The number of hydrogen-bond acceptors (Lipinski definition) is 4. The topological polar surface area (TPSA) is 66.9 Å². The van der Waals surface area contributed by atoms with Crippen LogP contribution >= 0.6 is 0 Å². The van der Waals surface area contributed by atoms with Gasteiger partial charge in [-0.1, -0.05) is 5.92 Å². The van der Waals surface area contributed by atoms with Gasteiger partial charge in [-0.2, -0.15) is 13.2 Å². The molecule has 2 rings (SSSR count). The van der Waals surface area contributed by atoms with E-state index in [2.05, 4.69) is 27.1 Å². The van der Waals surface area contributed by atoms with Crippen LogP contribution in [0.25, 0.3) is 0 Å². The second-order valence-electron chi connectivity index (χ2n) is 4.71. The van der Waals surface area contributed by atoms with Gasteiger partial charge in [0.25, 0.3) is 0 Å². The summed E-state index contributed by atoms with van der Waals surface area (Å²) < 4.78 is 50.3. The minimum atomic E-state index is -5.11. The number of amides is 1. The minimum Gasteiger partial charge on any atom is -0.370 e. The highest BCUT2D eigenvalue weighted by atomic mass is 19.4. The fraction of sp³-hybridized carbons (Fsp3) is 0.188. The molecule has 1 amide bonds. The quantitative estimate of drug-likeness (QED) is 0.658. The van der Waals surface area contributed by atoms with Crippen LogP contribution in [0.2, 0.25) is 0 Å². The molecule has 0 aromatic carbocycles. The van der Waals surface area contributed by atoms with Crippen LogP contribution in [0, 0.1) is 17.7 Å². The average Bonchev–Trinajstić information content (AvgIpc) is 2.54. The summed E-state index contributed by atoms with van der Waals surface area (Å²) in [5.41, 5.74) is -0.137. The Balaban J connectivity index is 2.32. The molecule has 0 aliphatic heterocycles. The number of nitrogens with zero attached hydrogens (tertiary/aromatic N) is 2. The van der Waals surface area contributed by atoms with Gasteiger partial charge in [0, 0.05) is 24.4 Å². The minimum absolute atomic E-state index is 0.194. The summed E-state index contributed by atoms with van der Waals surface area (Å²) in [6, 6.07) is 3.94. The van der Waals surface area contributed by atoms with Crippen LogP contribution in [0.15, 0.2) is 30.6 Å². The maximum absolute atomic E-state index is 13.2. The Morgan fingerprint density at radius 3 is 2.68 bits per heavy atom. The highest BCUT2D eigenvalue weighted by Gasteiger charge is 2.39. The number of aromatic nitrogens is 2. The summed E-state index contributed by atoms with van der Waals surface area (Å²) in [5.74, 6) is 2.64. The van der Waals surface area contributed by atoms with Gasteiger partial charge in [0.05, 0.1) is 11.9 Å². The fourth-order valence-corrected chi connectivity index (χ4v) is 1.74. The molecule has 0 bridgehead atoms. The Morgan fingerprint density at radius 1 is 1.24 bits per heavy atom.